The summed E-state index contributed by atoms with van der Waals surface area (Å²) >= 11 is 0. The van der Waals surface area contributed by atoms with Crippen molar-refractivity contribution < 1.29 is 28.7 Å². The first-order chi connectivity index (χ1) is 14.4. The lowest BCUT2D eigenvalue weighted by molar-refractivity contribution is -0.136. The van der Waals surface area contributed by atoms with E-state index in [1.54, 1.807) is 12.1 Å². The smallest absolute Gasteiger partial charge is 0.264 e. The van der Waals surface area contributed by atoms with E-state index in [2.05, 4.69) is 16.0 Å². The highest BCUT2D eigenvalue weighted by Gasteiger charge is 2.45. The molecule has 2 aliphatic rings. The zero-order valence-electron chi connectivity index (χ0n) is 16.2. The molecule has 11 heteroatoms. The van der Waals surface area contributed by atoms with Gasteiger partial charge in [-0.2, -0.15) is 0 Å². The van der Waals surface area contributed by atoms with E-state index in [0.29, 0.717) is 32.0 Å². The Bertz CT molecular complexity index is 886. The number of nitrogens with zero attached hydrogens (tertiary/aromatic N) is 1. The van der Waals surface area contributed by atoms with Gasteiger partial charge in [0.1, 0.15) is 6.04 Å². The Morgan fingerprint density at radius 2 is 2.00 bits per heavy atom. The molecule has 1 aromatic rings. The van der Waals surface area contributed by atoms with Gasteiger partial charge in [-0.15, -0.1) is 0 Å². The molecule has 0 radical (unpaired) electrons. The Kier molecular flexibility index (Phi) is 6.75. The van der Waals surface area contributed by atoms with E-state index >= 15 is 0 Å². The van der Waals surface area contributed by atoms with Crippen LogP contribution in [-0.2, 0) is 19.1 Å². The van der Waals surface area contributed by atoms with Gasteiger partial charge >= 0.3 is 0 Å². The first-order valence-corrected chi connectivity index (χ1v) is 9.57. The average Bonchev–Trinajstić information content (AvgIpc) is 2.97. The normalized spacial score (nSPS) is 18.3. The maximum absolute atomic E-state index is 12.9. The van der Waals surface area contributed by atoms with Gasteiger partial charge in [0.15, 0.2) is 0 Å². The van der Waals surface area contributed by atoms with Gasteiger partial charge in [0, 0.05) is 25.2 Å². The number of hydrogen-bond donors (Lipinski definition) is 4. The van der Waals surface area contributed by atoms with Crippen molar-refractivity contribution in [2.45, 2.75) is 18.9 Å². The van der Waals surface area contributed by atoms with Crippen LogP contribution in [0.3, 0.4) is 0 Å². The predicted molar refractivity (Wildman–Crippen MR) is 104 cm³/mol. The molecule has 5 N–H and O–H groups in total. The molecule has 1 aromatic carbocycles. The lowest BCUT2D eigenvalue weighted by Crippen LogP contribution is -2.54. The Balaban J connectivity index is 1.66. The molecule has 0 spiro atoms. The second-order valence-electron chi connectivity index (χ2n) is 6.78. The van der Waals surface area contributed by atoms with Crippen molar-refractivity contribution in [1.82, 2.24) is 15.5 Å². The van der Waals surface area contributed by atoms with E-state index in [4.69, 9.17) is 10.5 Å². The van der Waals surface area contributed by atoms with Crippen LogP contribution in [-0.4, -0.2) is 73.3 Å². The van der Waals surface area contributed by atoms with Gasteiger partial charge in [0.2, 0.25) is 17.7 Å². The van der Waals surface area contributed by atoms with Gasteiger partial charge in [-0.05, 0) is 18.6 Å². The summed E-state index contributed by atoms with van der Waals surface area (Å²) in [6.07, 6.45) is 0.123. The Labute approximate surface area is 172 Å². The monoisotopic (exact) mass is 417 g/mol. The van der Waals surface area contributed by atoms with Gasteiger partial charge in [-0.25, -0.2) is 0 Å². The Morgan fingerprint density at radius 3 is 2.73 bits per heavy atom. The number of carbonyl (C=O) groups excluding carboxylic acids is 5. The number of nitrogens with one attached hydrogen (secondary N) is 3. The number of nitrogens with two attached hydrogens (primary N) is 1. The van der Waals surface area contributed by atoms with Crippen molar-refractivity contribution in [3.05, 3.63) is 29.3 Å². The second kappa shape index (κ2) is 9.46. The lowest BCUT2D eigenvalue weighted by atomic mass is 10.0. The van der Waals surface area contributed by atoms with Gasteiger partial charge in [-0.3, -0.25) is 34.2 Å². The molecule has 0 aliphatic carbocycles. The fourth-order valence-electron chi connectivity index (χ4n) is 3.35. The van der Waals surface area contributed by atoms with Crippen molar-refractivity contribution >= 4 is 35.2 Å². The largest absolute Gasteiger partial charge is 0.378 e. The van der Waals surface area contributed by atoms with Crippen LogP contribution in [0.2, 0.25) is 0 Å². The third-order valence-electron chi connectivity index (χ3n) is 4.74. The minimum atomic E-state index is -1.04. The molecule has 0 aromatic heterocycles. The molecule has 11 nitrogen and oxygen atoms in total. The summed E-state index contributed by atoms with van der Waals surface area (Å²) in [6, 6.07) is 3.61. The molecule has 3 rings (SSSR count). The zero-order chi connectivity index (χ0) is 21.7. The number of imide groups is 2. The Morgan fingerprint density at radius 1 is 1.20 bits per heavy atom. The summed E-state index contributed by atoms with van der Waals surface area (Å²) in [6.45, 7) is 1.33. The lowest BCUT2D eigenvalue weighted by Gasteiger charge is -2.27. The minimum Gasteiger partial charge on any atom is -0.378 e. The van der Waals surface area contributed by atoms with E-state index in [1.165, 1.54) is 6.07 Å². The van der Waals surface area contributed by atoms with Crippen LogP contribution in [0.15, 0.2) is 18.2 Å². The van der Waals surface area contributed by atoms with Crippen molar-refractivity contribution in [2.75, 3.05) is 38.2 Å². The number of ether oxygens (including phenoxy) is 1. The molecule has 2 heterocycles. The SMILES string of the molecule is NCCOCCNC(=O)CNc1cccc2c1C(=O)N(C1CCC(=O)NC1=O)C2=O. The molecule has 0 bridgehead atoms. The number of hydrogen-bond acceptors (Lipinski definition) is 8. The zero-order valence-corrected chi connectivity index (χ0v) is 16.2. The molecule has 1 unspecified atom stereocenters. The molecule has 1 fully saturated rings. The van der Waals surface area contributed by atoms with Crippen LogP contribution < -0.4 is 21.7 Å². The number of fused-ring (bicyclic) bond motifs is 1. The molecule has 1 saturated heterocycles. The number of anilines is 1. The number of piperidine rings is 1. The van der Waals surface area contributed by atoms with Crippen molar-refractivity contribution in [3.8, 4) is 0 Å². The molecule has 160 valence electrons. The quantitative estimate of drug-likeness (QED) is 0.282. The van der Waals surface area contributed by atoms with Crippen molar-refractivity contribution in [1.29, 1.82) is 0 Å². The van der Waals surface area contributed by atoms with Crippen LogP contribution in [0.1, 0.15) is 33.6 Å². The van der Waals surface area contributed by atoms with Crippen LogP contribution >= 0.6 is 0 Å². The van der Waals surface area contributed by atoms with Gasteiger partial charge in [0.05, 0.1) is 30.9 Å². The minimum absolute atomic E-state index is 0.0457. The highest BCUT2D eigenvalue weighted by Crippen LogP contribution is 2.32. The van der Waals surface area contributed by atoms with E-state index in [1.807, 2.05) is 0 Å². The summed E-state index contributed by atoms with van der Waals surface area (Å²) in [4.78, 5) is 62.1. The van der Waals surface area contributed by atoms with Crippen LogP contribution in [0.25, 0.3) is 0 Å². The summed E-state index contributed by atoms with van der Waals surface area (Å²) in [5.41, 5.74) is 5.87. The first kappa shape index (κ1) is 21.4. The van der Waals surface area contributed by atoms with Crippen LogP contribution in [0.4, 0.5) is 5.69 Å². The molecule has 30 heavy (non-hydrogen) atoms. The third kappa shape index (κ3) is 4.47. The molecular formula is C19H23N5O6. The molecule has 5 amide bonds. The van der Waals surface area contributed by atoms with Crippen molar-refractivity contribution in [2.24, 2.45) is 5.73 Å². The standard InChI is InChI=1S/C19H23N5O6/c20-6-8-30-9-7-21-15(26)10-22-12-3-1-2-11-16(12)19(29)24(18(11)28)13-4-5-14(25)23-17(13)27/h1-3,13,22H,4-10,20H2,(H,21,26)(H,23,25,27). The van der Waals surface area contributed by atoms with Gasteiger partial charge in [0.25, 0.3) is 11.8 Å². The predicted octanol–water partition coefficient (Wildman–Crippen LogP) is -1.41. The van der Waals surface area contributed by atoms with E-state index in [9.17, 15) is 24.0 Å². The fraction of sp³-hybridized carbons (Fsp3) is 0.421. The average molecular weight is 417 g/mol. The topological polar surface area (TPSA) is 160 Å². The van der Waals surface area contributed by atoms with Crippen molar-refractivity contribution in [3.63, 3.8) is 0 Å². The third-order valence-corrected chi connectivity index (χ3v) is 4.74. The van der Waals surface area contributed by atoms with E-state index in [-0.39, 0.29) is 36.4 Å². The highest BCUT2D eigenvalue weighted by molar-refractivity contribution is 6.25. The van der Waals surface area contributed by atoms with Crippen LogP contribution in [0, 0.1) is 0 Å². The summed E-state index contributed by atoms with van der Waals surface area (Å²) < 4.78 is 5.17. The first-order valence-electron chi connectivity index (χ1n) is 9.57. The summed E-state index contributed by atoms with van der Waals surface area (Å²) in [7, 11) is 0. The molecular weight excluding hydrogens is 394 g/mol. The summed E-state index contributed by atoms with van der Waals surface area (Å²) in [5, 5.41) is 7.67. The Hall–Kier alpha value is -3.31. The number of carbonyl (C=O) groups is 5. The summed E-state index contributed by atoms with van der Waals surface area (Å²) in [5.74, 6) is -2.67. The van der Waals surface area contributed by atoms with E-state index < -0.39 is 29.7 Å². The molecule has 0 saturated carbocycles. The fourth-order valence-corrected chi connectivity index (χ4v) is 3.35. The maximum atomic E-state index is 12.9. The molecule has 2 aliphatic heterocycles. The van der Waals surface area contributed by atoms with Crippen LogP contribution in [0.5, 0.6) is 0 Å². The maximum Gasteiger partial charge on any atom is 0.264 e. The van der Waals surface area contributed by atoms with Gasteiger partial charge in [-0.1, -0.05) is 6.07 Å². The molecule has 1 atom stereocenters. The van der Waals surface area contributed by atoms with E-state index in [0.717, 1.165) is 4.90 Å². The van der Waals surface area contributed by atoms with Gasteiger partial charge < -0.3 is 21.1 Å². The highest BCUT2D eigenvalue weighted by atomic mass is 16.5. The second-order valence-corrected chi connectivity index (χ2v) is 6.78. The number of benzene rings is 1. The number of amides is 5. The number of rotatable bonds is 9.